The molecule has 61 heavy (non-hydrogen) atoms. The average molecular weight is 822 g/mol. The molecule has 3 aromatic heterocycles. The highest BCUT2D eigenvalue weighted by molar-refractivity contribution is 5.84. The highest BCUT2D eigenvalue weighted by Gasteiger charge is 2.36. The Bertz CT molecular complexity index is 2350. The second-order valence-corrected chi connectivity index (χ2v) is 19.4. The number of rotatable bonds is 7. The Balaban J connectivity index is 1.06. The Labute approximate surface area is 359 Å². The molecule has 2 saturated heterocycles. The number of aromatic nitrogens is 5. The van der Waals surface area contributed by atoms with Crippen LogP contribution in [0.25, 0.3) is 50.6 Å². The van der Waals surface area contributed by atoms with Gasteiger partial charge in [0, 0.05) is 54.1 Å². The molecule has 0 saturated carbocycles. The van der Waals surface area contributed by atoms with E-state index < -0.39 is 11.2 Å². The van der Waals surface area contributed by atoms with E-state index in [4.69, 9.17) is 19.4 Å². The van der Waals surface area contributed by atoms with Crippen molar-refractivity contribution in [2.24, 2.45) is 0 Å². The summed E-state index contributed by atoms with van der Waals surface area (Å²) in [5, 5.41) is 0. The van der Waals surface area contributed by atoms with Crippen molar-refractivity contribution >= 4 is 12.2 Å². The quantitative estimate of drug-likeness (QED) is 0.165. The minimum absolute atomic E-state index is 0.0326. The van der Waals surface area contributed by atoms with E-state index in [0.29, 0.717) is 13.1 Å². The Morgan fingerprint density at radius 3 is 1.49 bits per heavy atom. The molecule has 0 aliphatic carbocycles. The molecule has 8 rings (SSSR count). The summed E-state index contributed by atoms with van der Waals surface area (Å²) in [7, 11) is 0. The fourth-order valence-corrected chi connectivity index (χ4v) is 8.41. The number of ether oxygens (including phenoxy) is 2. The summed E-state index contributed by atoms with van der Waals surface area (Å²) in [4.78, 5) is 46.2. The molecule has 3 aromatic carbocycles. The fraction of sp³-hybridized carbons (Fsp3) is 0.400. The van der Waals surface area contributed by atoms with Gasteiger partial charge in [-0.3, -0.25) is 9.80 Å². The van der Waals surface area contributed by atoms with Crippen molar-refractivity contribution in [1.29, 1.82) is 0 Å². The monoisotopic (exact) mass is 821 g/mol. The summed E-state index contributed by atoms with van der Waals surface area (Å²) in [6.45, 7) is 19.4. The number of H-pyrrole nitrogens is 2. The number of nitrogens with zero attached hydrogens (tertiary/aromatic N) is 5. The van der Waals surface area contributed by atoms with Crippen molar-refractivity contribution in [3.63, 3.8) is 0 Å². The number of aromatic amines is 2. The summed E-state index contributed by atoms with van der Waals surface area (Å²) in [5.41, 5.74) is 9.28. The molecule has 11 heteroatoms. The SMILES string of the molecule is CC(C)(C)OC(=O)N1CCC[C@H]1c1nc(-c2ccc(-c3ccn(-c4ccc(-c5c[nH]c([C@@H]6CCCN6C(=O)OC(C)(C)C)n5)cc4)c3-c3ccc(C(C)(C)C)cc3)cc2)c[nH]1. The highest BCUT2D eigenvalue weighted by atomic mass is 16.6. The normalized spacial score (nSPS) is 17.3. The van der Waals surface area contributed by atoms with E-state index in [1.165, 1.54) is 5.56 Å². The first-order valence-corrected chi connectivity index (χ1v) is 21.6. The molecule has 318 valence electrons. The van der Waals surface area contributed by atoms with Gasteiger partial charge in [-0.25, -0.2) is 19.6 Å². The second kappa shape index (κ2) is 16.1. The predicted molar refractivity (Wildman–Crippen MR) is 240 cm³/mol. The van der Waals surface area contributed by atoms with E-state index in [0.717, 1.165) is 87.9 Å². The molecule has 11 nitrogen and oxygen atoms in total. The van der Waals surface area contributed by atoms with Crippen LogP contribution in [0, 0.1) is 0 Å². The van der Waals surface area contributed by atoms with Crippen LogP contribution in [0.2, 0.25) is 0 Å². The lowest BCUT2D eigenvalue weighted by atomic mass is 9.86. The van der Waals surface area contributed by atoms with E-state index in [1.807, 2.05) is 53.9 Å². The number of imidazole rings is 2. The minimum Gasteiger partial charge on any atom is -0.444 e. The Hall–Kier alpha value is -6.10. The molecular weight excluding hydrogens is 763 g/mol. The molecule has 0 unspecified atom stereocenters. The number of nitrogens with one attached hydrogen (secondary N) is 2. The van der Waals surface area contributed by atoms with Crippen molar-refractivity contribution in [2.45, 2.75) is 117 Å². The molecule has 5 heterocycles. The van der Waals surface area contributed by atoms with Crippen molar-refractivity contribution in [2.75, 3.05) is 13.1 Å². The van der Waals surface area contributed by atoms with Crippen LogP contribution in [0.1, 0.15) is 117 Å². The first-order valence-electron chi connectivity index (χ1n) is 21.6. The maximum atomic E-state index is 13.0. The van der Waals surface area contributed by atoms with Crippen LogP contribution >= 0.6 is 0 Å². The third kappa shape index (κ3) is 9.02. The molecule has 0 bridgehead atoms. The zero-order valence-electron chi connectivity index (χ0n) is 37.0. The standard InChI is InChI=1S/C50H59N7O4/c1-48(2,3)36-22-18-35(19-23-36)43-38(32-14-16-33(17-15-32)39-30-51-44(53-39)41-12-10-27-56(41)46(58)60-49(4,5)6)26-29-55(43)37-24-20-34(21-25-37)40-31-52-45(54-40)42-13-11-28-57(42)47(59)61-50(7,8)9/h14-26,29-31,41-42H,10-13,27-28H2,1-9H3,(H,51,53)(H,52,54)/t41-,42-/m0/s1. The van der Waals surface area contributed by atoms with Crippen LogP contribution in [0.15, 0.2) is 97.5 Å². The number of hydrogen-bond donors (Lipinski definition) is 2. The summed E-state index contributed by atoms with van der Waals surface area (Å²) < 4.78 is 13.7. The molecule has 6 aromatic rings. The van der Waals surface area contributed by atoms with E-state index >= 15 is 0 Å². The van der Waals surface area contributed by atoms with Crippen molar-refractivity contribution < 1.29 is 19.1 Å². The topological polar surface area (TPSA) is 121 Å². The molecule has 0 radical (unpaired) electrons. The molecule has 2 amide bonds. The largest absolute Gasteiger partial charge is 0.444 e. The number of carbonyl (C=O) groups is 2. The maximum Gasteiger partial charge on any atom is 0.410 e. The molecule has 2 fully saturated rings. The lowest BCUT2D eigenvalue weighted by Crippen LogP contribution is -2.36. The van der Waals surface area contributed by atoms with Gasteiger partial charge in [0.2, 0.25) is 0 Å². The van der Waals surface area contributed by atoms with Crippen LogP contribution < -0.4 is 0 Å². The number of hydrogen-bond acceptors (Lipinski definition) is 6. The van der Waals surface area contributed by atoms with Gasteiger partial charge >= 0.3 is 12.2 Å². The minimum atomic E-state index is -0.557. The van der Waals surface area contributed by atoms with E-state index in [9.17, 15) is 9.59 Å². The molecule has 2 N–H and O–H groups in total. The number of amides is 2. The first-order chi connectivity index (χ1) is 28.9. The van der Waals surface area contributed by atoms with Crippen LogP contribution in [-0.2, 0) is 14.9 Å². The zero-order valence-corrected chi connectivity index (χ0v) is 37.0. The van der Waals surface area contributed by atoms with Gasteiger partial charge < -0.3 is 24.0 Å². The van der Waals surface area contributed by atoms with Crippen LogP contribution in [0.3, 0.4) is 0 Å². The number of likely N-dealkylation sites (tertiary alicyclic amines) is 2. The van der Waals surface area contributed by atoms with E-state index in [2.05, 4.69) is 120 Å². The first kappa shape index (κ1) is 41.6. The van der Waals surface area contributed by atoms with Crippen molar-refractivity contribution in [3.05, 3.63) is 115 Å². The van der Waals surface area contributed by atoms with Gasteiger partial charge in [-0.2, -0.15) is 0 Å². The van der Waals surface area contributed by atoms with E-state index in [1.54, 1.807) is 9.80 Å². The summed E-state index contributed by atoms with van der Waals surface area (Å²) >= 11 is 0. The van der Waals surface area contributed by atoms with Crippen LogP contribution in [0.5, 0.6) is 0 Å². The van der Waals surface area contributed by atoms with Gasteiger partial charge in [-0.1, -0.05) is 81.4 Å². The van der Waals surface area contributed by atoms with Gasteiger partial charge in [0.15, 0.2) is 0 Å². The molecule has 2 aliphatic rings. The van der Waals surface area contributed by atoms with Gasteiger partial charge in [-0.15, -0.1) is 0 Å². The van der Waals surface area contributed by atoms with E-state index in [-0.39, 0.29) is 29.7 Å². The van der Waals surface area contributed by atoms with Crippen molar-refractivity contribution in [1.82, 2.24) is 34.3 Å². The van der Waals surface area contributed by atoms with Gasteiger partial charge in [0.1, 0.15) is 22.9 Å². The Morgan fingerprint density at radius 2 is 1.03 bits per heavy atom. The summed E-state index contributed by atoms with van der Waals surface area (Å²) in [5.74, 6) is 1.55. The van der Waals surface area contributed by atoms with Crippen LogP contribution in [-0.4, -0.2) is 70.8 Å². The third-order valence-electron chi connectivity index (χ3n) is 11.4. The van der Waals surface area contributed by atoms with Crippen LogP contribution in [0.4, 0.5) is 9.59 Å². The van der Waals surface area contributed by atoms with Gasteiger partial charge in [0.05, 0.1) is 29.2 Å². The van der Waals surface area contributed by atoms with Crippen molar-refractivity contribution in [3.8, 4) is 50.6 Å². The number of carbonyl (C=O) groups excluding carboxylic acids is 2. The molecule has 2 aliphatic heterocycles. The summed E-state index contributed by atoms with van der Waals surface area (Å²) in [6.07, 6.45) is 8.87. The lowest BCUT2D eigenvalue weighted by molar-refractivity contribution is 0.0208. The fourth-order valence-electron chi connectivity index (χ4n) is 8.41. The highest BCUT2D eigenvalue weighted by Crippen LogP contribution is 2.39. The maximum absolute atomic E-state index is 13.0. The Kier molecular flexibility index (Phi) is 11.0. The molecule has 2 atom stereocenters. The second-order valence-electron chi connectivity index (χ2n) is 19.4. The number of benzene rings is 3. The molecular formula is C50H59N7O4. The molecule has 0 spiro atoms. The Morgan fingerprint density at radius 1 is 0.590 bits per heavy atom. The zero-order chi connectivity index (χ0) is 43.3. The van der Waals surface area contributed by atoms with Gasteiger partial charge in [-0.05, 0) is 108 Å². The summed E-state index contributed by atoms with van der Waals surface area (Å²) in [6, 6.07) is 27.8. The lowest BCUT2D eigenvalue weighted by Gasteiger charge is -2.27. The predicted octanol–water partition coefficient (Wildman–Crippen LogP) is 12.0. The smallest absolute Gasteiger partial charge is 0.410 e. The average Bonchev–Trinajstić information content (AvgIpc) is 4.05. The van der Waals surface area contributed by atoms with Gasteiger partial charge in [0.25, 0.3) is 0 Å². The third-order valence-corrected chi connectivity index (χ3v) is 11.4.